The van der Waals surface area contributed by atoms with E-state index in [9.17, 15) is 19.5 Å². The van der Waals surface area contributed by atoms with Gasteiger partial charge in [0, 0.05) is 25.5 Å². The van der Waals surface area contributed by atoms with E-state index in [1.165, 1.54) is 12.1 Å². The Morgan fingerprint density at radius 3 is 2.81 bits per heavy atom. The smallest absolute Gasteiger partial charge is 0.305 e. The second kappa shape index (κ2) is 10.4. The van der Waals surface area contributed by atoms with Crippen molar-refractivity contribution in [1.29, 1.82) is 0 Å². The predicted octanol–water partition coefficient (Wildman–Crippen LogP) is 1.20. The maximum atomic E-state index is 11.7. The Labute approximate surface area is 151 Å². The van der Waals surface area contributed by atoms with Crippen LogP contribution in [0.4, 0.5) is 0 Å². The predicted molar refractivity (Wildman–Crippen MR) is 91.2 cm³/mol. The molecule has 0 aromatic heterocycles. The second-order valence-corrected chi connectivity index (χ2v) is 5.88. The fourth-order valence-electron chi connectivity index (χ4n) is 2.11. The molecule has 2 N–H and O–H groups in total. The first-order chi connectivity index (χ1) is 12.6. The molecular formula is C18H23NO7. The van der Waals surface area contributed by atoms with Crippen LogP contribution in [0.1, 0.15) is 36.0 Å². The third kappa shape index (κ3) is 7.52. The quantitative estimate of drug-likeness (QED) is 0.248. The first-order valence-electron chi connectivity index (χ1n) is 8.53. The average molecular weight is 365 g/mol. The normalized spacial score (nSPS) is 15.2. The monoisotopic (exact) mass is 365 g/mol. The first-order valence-corrected chi connectivity index (χ1v) is 8.53. The summed E-state index contributed by atoms with van der Waals surface area (Å²) in [7, 11) is 0. The van der Waals surface area contributed by atoms with Crippen molar-refractivity contribution in [3.05, 3.63) is 23.8 Å². The van der Waals surface area contributed by atoms with Crippen LogP contribution < -0.4 is 10.1 Å². The van der Waals surface area contributed by atoms with E-state index in [0.717, 1.165) is 0 Å². The summed E-state index contributed by atoms with van der Waals surface area (Å²) in [5, 5.41) is 12.3. The summed E-state index contributed by atoms with van der Waals surface area (Å²) in [5.41, 5.74) is 0.196. The van der Waals surface area contributed by atoms with Crippen molar-refractivity contribution in [3.8, 4) is 11.5 Å². The number of aldehydes is 1. The molecule has 1 unspecified atom stereocenters. The third-order valence-corrected chi connectivity index (χ3v) is 3.66. The van der Waals surface area contributed by atoms with Gasteiger partial charge >= 0.3 is 5.97 Å². The summed E-state index contributed by atoms with van der Waals surface area (Å²) >= 11 is 0. The number of esters is 1. The summed E-state index contributed by atoms with van der Waals surface area (Å²) in [4.78, 5) is 33.7. The Morgan fingerprint density at radius 2 is 2.12 bits per heavy atom. The molecule has 1 aromatic rings. The van der Waals surface area contributed by atoms with Crippen molar-refractivity contribution in [1.82, 2.24) is 5.32 Å². The fourth-order valence-corrected chi connectivity index (χ4v) is 2.11. The van der Waals surface area contributed by atoms with Gasteiger partial charge in [0.05, 0.1) is 18.8 Å². The molecule has 0 bridgehead atoms. The summed E-state index contributed by atoms with van der Waals surface area (Å²) in [5.74, 6) is -0.110. The Hall–Kier alpha value is -2.61. The zero-order valence-corrected chi connectivity index (χ0v) is 14.4. The number of nitrogens with one attached hydrogen (secondary N) is 1. The molecule has 1 atom stereocenters. The van der Waals surface area contributed by atoms with E-state index >= 15 is 0 Å². The number of rotatable bonds is 12. The average Bonchev–Trinajstić information content (AvgIpc) is 3.45. The molecule has 1 heterocycles. The Morgan fingerprint density at radius 1 is 1.31 bits per heavy atom. The highest BCUT2D eigenvalue weighted by Gasteiger charge is 2.23. The van der Waals surface area contributed by atoms with Gasteiger partial charge < -0.3 is 24.6 Å². The van der Waals surface area contributed by atoms with Crippen LogP contribution in [0.25, 0.3) is 0 Å². The molecule has 8 heteroatoms. The maximum Gasteiger partial charge on any atom is 0.305 e. The lowest BCUT2D eigenvalue weighted by Gasteiger charge is -2.08. The minimum Gasteiger partial charge on any atom is -0.507 e. The number of amides is 1. The lowest BCUT2D eigenvalue weighted by Crippen LogP contribution is -2.25. The van der Waals surface area contributed by atoms with Crippen molar-refractivity contribution in [2.24, 2.45) is 0 Å². The molecule has 0 saturated carbocycles. The van der Waals surface area contributed by atoms with Gasteiger partial charge in [0.15, 0.2) is 6.29 Å². The molecule has 1 fully saturated rings. The standard InChI is InChI=1S/C18H23NO7/c20-10-13-5-6-14(9-16(13)21)24-8-2-3-17(22)19-7-1-4-18(23)26-12-15-11-25-15/h5-6,9-10,15,21H,1-4,7-8,11-12H2,(H,19,22). The van der Waals surface area contributed by atoms with E-state index in [1.807, 2.05) is 0 Å². The summed E-state index contributed by atoms with van der Waals surface area (Å²) in [6, 6.07) is 4.41. The van der Waals surface area contributed by atoms with Gasteiger partial charge in [0.2, 0.25) is 5.91 Å². The van der Waals surface area contributed by atoms with E-state index in [2.05, 4.69) is 5.32 Å². The number of ether oxygens (including phenoxy) is 3. The highest BCUT2D eigenvalue weighted by atomic mass is 16.6. The third-order valence-electron chi connectivity index (χ3n) is 3.66. The van der Waals surface area contributed by atoms with Crippen LogP contribution >= 0.6 is 0 Å². The van der Waals surface area contributed by atoms with E-state index in [4.69, 9.17) is 14.2 Å². The zero-order valence-electron chi connectivity index (χ0n) is 14.4. The minimum absolute atomic E-state index is 0.0628. The van der Waals surface area contributed by atoms with Gasteiger partial charge in [-0.05, 0) is 25.0 Å². The molecule has 1 saturated heterocycles. The molecule has 1 aliphatic heterocycles. The van der Waals surface area contributed by atoms with E-state index in [-0.39, 0.29) is 35.7 Å². The van der Waals surface area contributed by atoms with Crippen LogP contribution in [0, 0.1) is 0 Å². The number of phenols is 1. The Balaban J connectivity index is 1.48. The van der Waals surface area contributed by atoms with Gasteiger partial charge in [-0.1, -0.05) is 0 Å². The number of hydrogen-bond donors (Lipinski definition) is 2. The molecule has 1 aromatic carbocycles. The number of carbonyl (C=O) groups excluding carboxylic acids is 3. The lowest BCUT2D eigenvalue weighted by molar-refractivity contribution is -0.144. The van der Waals surface area contributed by atoms with E-state index in [0.29, 0.717) is 57.7 Å². The van der Waals surface area contributed by atoms with Crippen LogP contribution in [0.3, 0.4) is 0 Å². The van der Waals surface area contributed by atoms with Crippen molar-refractivity contribution in [2.75, 3.05) is 26.4 Å². The highest BCUT2D eigenvalue weighted by molar-refractivity contribution is 5.79. The van der Waals surface area contributed by atoms with Gasteiger partial charge in [-0.2, -0.15) is 0 Å². The molecule has 0 aliphatic carbocycles. The molecule has 0 radical (unpaired) electrons. The van der Waals surface area contributed by atoms with E-state index in [1.54, 1.807) is 6.07 Å². The van der Waals surface area contributed by atoms with Crippen molar-refractivity contribution < 1.29 is 33.7 Å². The first kappa shape index (κ1) is 19.7. The topological polar surface area (TPSA) is 114 Å². The fraction of sp³-hybridized carbons (Fsp3) is 0.500. The summed E-state index contributed by atoms with van der Waals surface area (Å²) in [6.07, 6.45) is 2.20. The van der Waals surface area contributed by atoms with E-state index < -0.39 is 0 Å². The Kier molecular flexibility index (Phi) is 7.88. The SMILES string of the molecule is O=Cc1ccc(OCCCC(=O)NCCCC(=O)OCC2CO2)cc1O. The molecule has 8 nitrogen and oxygen atoms in total. The van der Waals surface area contributed by atoms with Crippen LogP contribution in [0.15, 0.2) is 18.2 Å². The zero-order chi connectivity index (χ0) is 18.8. The number of aromatic hydroxyl groups is 1. The molecule has 1 amide bonds. The molecule has 2 rings (SSSR count). The van der Waals surface area contributed by atoms with Gasteiger partial charge in [0.1, 0.15) is 24.2 Å². The molecule has 26 heavy (non-hydrogen) atoms. The van der Waals surface area contributed by atoms with Gasteiger partial charge in [-0.15, -0.1) is 0 Å². The van der Waals surface area contributed by atoms with Crippen molar-refractivity contribution in [2.45, 2.75) is 31.8 Å². The molecule has 0 spiro atoms. The summed E-state index contributed by atoms with van der Waals surface area (Å²) < 4.78 is 15.3. The number of phenolic OH excluding ortho intramolecular Hbond substituents is 1. The van der Waals surface area contributed by atoms with Gasteiger partial charge in [-0.25, -0.2) is 0 Å². The van der Waals surface area contributed by atoms with Gasteiger partial charge in [-0.3, -0.25) is 14.4 Å². The Bertz CT molecular complexity index is 628. The maximum absolute atomic E-state index is 11.7. The van der Waals surface area contributed by atoms with Crippen LogP contribution in [-0.2, 0) is 19.1 Å². The van der Waals surface area contributed by atoms with Crippen molar-refractivity contribution >= 4 is 18.2 Å². The highest BCUT2D eigenvalue weighted by Crippen LogP contribution is 2.22. The lowest BCUT2D eigenvalue weighted by atomic mass is 10.2. The van der Waals surface area contributed by atoms with Gasteiger partial charge in [0.25, 0.3) is 0 Å². The summed E-state index contributed by atoms with van der Waals surface area (Å²) in [6.45, 7) is 1.68. The van der Waals surface area contributed by atoms with Crippen molar-refractivity contribution in [3.63, 3.8) is 0 Å². The number of epoxide rings is 1. The second-order valence-electron chi connectivity index (χ2n) is 5.88. The molecular weight excluding hydrogens is 342 g/mol. The number of benzene rings is 1. The van der Waals surface area contributed by atoms with Crippen LogP contribution in [-0.4, -0.2) is 55.7 Å². The largest absolute Gasteiger partial charge is 0.507 e. The molecule has 1 aliphatic rings. The number of carbonyl (C=O) groups is 3. The van der Waals surface area contributed by atoms with Crippen LogP contribution in [0.2, 0.25) is 0 Å². The minimum atomic E-state index is -0.285. The molecule has 142 valence electrons. The van der Waals surface area contributed by atoms with Crippen LogP contribution in [0.5, 0.6) is 11.5 Å². The number of hydrogen-bond acceptors (Lipinski definition) is 7.